The average molecular weight is 784 g/mol. The van der Waals surface area contributed by atoms with E-state index in [1.54, 1.807) is 62.6 Å². The first kappa shape index (κ1) is 41.2. The molecule has 0 unspecified atom stereocenters. The third kappa shape index (κ3) is 7.10. The fourth-order valence-electron chi connectivity index (χ4n) is 7.96. The predicted octanol–water partition coefficient (Wildman–Crippen LogP) is 5.39. The number of Topliss-reactive ketones (excluding diaryl/α,β-unsaturated/α-hetero) is 2. The molecule has 9 atom stereocenters. The first-order chi connectivity index (χ1) is 26.8. The molecule has 3 aromatic rings. The molecule has 14 heteroatoms. The first-order valence-corrected chi connectivity index (χ1v) is 18.9. The molecule has 5 bridgehead atoms. The first-order valence-electron chi connectivity index (χ1n) is 18.9. The van der Waals surface area contributed by atoms with Crippen LogP contribution in [0.3, 0.4) is 0 Å². The lowest BCUT2D eigenvalue weighted by molar-refractivity contribution is -0.160. The standard InChI is InChI=1S/C43H49N3O11/c1-19-14-16-46-28(18-19)44-32-29-30-37(50)25(7)40-31(29)41(52)43(9,57-40)55-17-15-27(54-10)22(4)39(56-26(8)47)24(6)36(49)23(5)35(48)20(2)12-11-13-21(3)42(53)45-33(34(32)46)38(30)51/h11-18,20,22-24,27,35-36,39,48-50H,1-10H3/t20-,22+,23+,24+,27-,35-,36+,39+,43-/m0/s1. The maximum absolute atomic E-state index is 14.5. The van der Waals surface area contributed by atoms with E-state index in [1.165, 1.54) is 53.2 Å². The van der Waals surface area contributed by atoms with Crippen LogP contribution in [0.1, 0.15) is 86.0 Å². The van der Waals surface area contributed by atoms with E-state index in [2.05, 4.69) is 4.99 Å². The molecule has 0 saturated heterocycles. The zero-order valence-corrected chi connectivity index (χ0v) is 33.7. The number of ether oxygens (including phenoxy) is 4. The molecule has 1 aliphatic carbocycles. The van der Waals surface area contributed by atoms with Gasteiger partial charge in [-0.25, -0.2) is 9.98 Å². The number of aliphatic hydroxyl groups excluding tert-OH is 2. The number of carbonyl (C=O) groups is 4. The quantitative estimate of drug-likeness (QED) is 0.281. The van der Waals surface area contributed by atoms with Crippen LogP contribution in [0.15, 0.2) is 59.5 Å². The second kappa shape index (κ2) is 15.5. The molecular weight excluding hydrogens is 734 g/mol. The fraction of sp³-hybridized carbons (Fsp3) is 0.442. The van der Waals surface area contributed by atoms with Crippen LogP contribution in [0.5, 0.6) is 11.5 Å². The number of esters is 1. The van der Waals surface area contributed by atoms with Gasteiger partial charge in [0.2, 0.25) is 5.78 Å². The van der Waals surface area contributed by atoms with Gasteiger partial charge in [-0.3, -0.25) is 23.6 Å². The SMILES string of the molecule is CO[C@H]1C=CO[C@@]2(C)Oc3c(C)c(O)c4c(c3C2=O)-c2nc3cc(C)ccn3c2C(=NC(=O)C(C)=CC=C[C@H](C)[C@H](O)[C@@H](C)[C@@H](O)[C@@H](C)[C@H](OC(C)=O)[C@@H]1C)C4=O. The normalized spacial score (nSPS) is 29.4. The maximum atomic E-state index is 14.5. The van der Waals surface area contributed by atoms with Gasteiger partial charge in [-0.15, -0.1) is 0 Å². The number of imidazole rings is 1. The molecule has 0 radical (unpaired) electrons. The number of hydrogen-bond donors (Lipinski definition) is 3. The van der Waals surface area contributed by atoms with E-state index in [9.17, 15) is 34.5 Å². The average Bonchev–Trinajstić information content (AvgIpc) is 3.67. The Morgan fingerprint density at radius 1 is 0.965 bits per heavy atom. The Morgan fingerprint density at radius 2 is 1.67 bits per heavy atom. The number of benzene rings is 1. The lowest BCUT2D eigenvalue weighted by Crippen LogP contribution is -2.46. The van der Waals surface area contributed by atoms with E-state index in [0.717, 1.165) is 5.56 Å². The molecule has 3 aliphatic rings. The summed E-state index contributed by atoms with van der Waals surface area (Å²) in [4.78, 5) is 64.2. The second-order valence-corrected chi connectivity index (χ2v) is 15.5. The molecule has 302 valence electrons. The Bertz CT molecular complexity index is 2300. The number of aromatic nitrogens is 2. The smallest absolute Gasteiger partial charge is 0.312 e. The number of nitrogens with zero attached hydrogens (tertiary/aromatic N) is 3. The lowest BCUT2D eigenvalue weighted by atomic mass is 9.78. The molecule has 6 rings (SSSR count). The van der Waals surface area contributed by atoms with Crippen molar-refractivity contribution in [1.29, 1.82) is 0 Å². The van der Waals surface area contributed by atoms with Crippen molar-refractivity contribution >= 4 is 34.8 Å². The van der Waals surface area contributed by atoms with E-state index in [4.69, 9.17) is 23.9 Å². The van der Waals surface area contributed by atoms with Gasteiger partial charge in [-0.2, -0.15) is 0 Å². The number of allylic oxidation sites excluding steroid dienone is 2. The van der Waals surface area contributed by atoms with Crippen LogP contribution in [0.2, 0.25) is 0 Å². The molecule has 14 nitrogen and oxygen atoms in total. The third-order valence-electron chi connectivity index (χ3n) is 11.4. The molecule has 3 N–H and O–H groups in total. The number of ketones is 2. The third-order valence-corrected chi connectivity index (χ3v) is 11.4. The van der Waals surface area contributed by atoms with E-state index in [-0.39, 0.29) is 50.7 Å². The van der Waals surface area contributed by atoms with Crippen molar-refractivity contribution in [3.8, 4) is 22.8 Å². The van der Waals surface area contributed by atoms with Gasteiger partial charge in [0.25, 0.3) is 11.7 Å². The number of rotatable bonds is 2. The Labute approximate surface area is 330 Å². The topological polar surface area (TPSA) is 196 Å². The van der Waals surface area contributed by atoms with E-state index in [1.807, 2.05) is 6.92 Å². The number of aliphatic imine (C=N–C) groups is 1. The number of amides is 1. The summed E-state index contributed by atoms with van der Waals surface area (Å²) in [6.07, 6.45) is 5.38. The zero-order chi connectivity index (χ0) is 41.8. The highest BCUT2D eigenvalue weighted by atomic mass is 16.7. The van der Waals surface area contributed by atoms with Crippen LogP contribution in [0.25, 0.3) is 16.9 Å². The summed E-state index contributed by atoms with van der Waals surface area (Å²) in [7, 11) is 1.45. The monoisotopic (exact) mass is 783 g/mol. The van der Waals surface area contributed by atoms with Gasteiger partial charge in [0.1, 0.15) is 40.3 Å². The number of pyridine rings is 1. The number of carbonyl (C=O) groups excluding carboxylic acids is 4. The van der Waals surface area contributed by atoms with E-state index in [0.29, 0.717) is 5.65 Å². The number of aromatic hydroxyl groups is 1. The summed E-state index contributed by atoms with van der Waals surface area (Å²) in [6.45, 7) is 14.5. The number of aliphatic hydroxyl groups is 2. The highest BCUT2D eigenvalue weighted by molar-refractivity contribution is 6.56. The molecule has 0 fully saturated rings. The van der Waals surface area contributed by atoms with E-state index >= 15 is 0 Å². The number of aryl methyl sites for hydroxylation is 1. The summed E-state index contributed by atoms with van der Waals surface area (Å²) in [5.74, 6) is -7.67. The highest BCUT2D eigenvalue weighted by Gasteiger charge is 2.52. The molecule has 0 saturated carbocycles. The van der Waals surface area contributed by atoms with Crippen molar-refractivity contribution in [1.82, 2.24) is 9.38 Å². The zero-order valence-electron chi connectivity index (χ0n) is 33.7. The largest absolute Gasteiger partial charge is 0.507 e. The number of methoxy groups -OCH3 is 1. The molecule has 57 heavy (non-hydrogen) atoms. The number of phenolic OH excluding ortho intramolecular Hbond substituents is 1. The minimum Gasteiger partial charge on any atom is -0.507 e. The van der Waals surface area contributed by atoms with E-state index < -0.39 is 83.1 Å². The van der Waals surface area contributed by atoms with Gasteiger partial charge in [0.05, 0.1) is 35.7 Å². The fourth-order valence-corrected chi connectivity index (χ4v) is 7.96. The van der Waals surface area contributed by atoms with Gasteiger partial charge in [-0.1, -0.05) is 45.9 Å². The molecule has 4 heterocycles. The maximum Gasteiger partial charge on any atom is 0.312 e. The number of fused-ring (bicyclic) bond motifs is 6. The summed E-state index contributed by atoms with van der Waals surface area (Å²) in [5.41, 5.74) is 1.26. The Balaban J connectivity index is 1.56. The second-order valence-electron chi connectivity index (χ2n) is 15.5. The van der Waals surface area contributed by atoms with Gasteiger partial charge in [0.15, 0.2) is 0 Å². The van der Waals surface area contributed by atoms with Crippen LogP contribution in [-0.2, 0) is 23.8 Å². The molecule has 0 spiro atoms. The minimum absolute atomic E-state index is 0.00776. The van der Waals surface area contributed by atoms with Gasteiger partial charge in [-0.05, 0) is 44.5 Å². The van der Waals surface area contributed by atoms with Gasteiger partial charge in [0, 0.05) is 67.5 Å². The van der Waals surface area contributed by atoms with Crippen LogP contribution < -0.4 is 4.74 Å². The summed E-state index contributed by atoms with van der Waals surface area (Å²) >= 11 is 0. The predicted molar refractivity (Wildman–Crippen MR) is 209 cm³/mol. The summed E-state index contributed by atoms with van der Waals surface area (Å²) in [5, 5.41) is 34.5. The molecule has 1 amide bonds. The lowest BCUT2D eigenvalue weighted by Gasteiger charge is -2.38. The molecule has 2 aliphatic heterocycles. The Kier molecular flexibility index (Phi) is 11.2. The summed E-state index contributed by atoms with van der Waals surface area (Å²) in [6, 6.07) is 3.57. The molecule has 2 aromatic heterocycles. The van der Waals surface area contributed by atoms with Crippen LogP contribution in [0.4, 0.5) is 0 Å². The van der Waals surface area contributed by atoms with Crippen molar-refractivity contribution in [3.63, 3.8) is 0 Å². The van der Waals surface area contributed by atoms with Crippen LogP contribution in [-0.4, -0.2) is 91.2 Å². The molecular formula is C43H49N3O11. The van der Waals surface area contributed by atoms with Crippen molar-refractivity contribution in [2.75, 3.05) is 7.11 Å². The van der Waals surface area contributed by atoms with Gasteiger partial charge >= 0.3 is 11.8 Å². The highest BCUT2D eigenvalue weighted by Crippen LogP contribution is 2.52. The minimum atomic E-state index is -1.99. The Hall–Kier alpha value is -5.44. The van der Waals surface area contributed by atoms with Crippen molar-refractivity contribution in [3.05, 3.63) is 82.4 Å². The van der Waals surface area contributed by atoms with Crippen LogP contribution >= 0.6 is 0 Å². The Morgan fingerprint density at radius 3 is 2.33 bits per heavy atom. The van der Waals surface area contributed by atoms with Gasteiger partial charge < -0.3 is 34.3 Å². The van der Waals surface area contributed by atoms with Crippen LogP contribution in [0, 0.1) is 37.5 Å². The summed E-state index contributed by atoms with van der Waals surface area (Å²) < 4.78 is 25.4. The molecule has 1 aromatic carbocycles. The number of phenols is 1. The van der Waals surface area contributed by atoms with Crippen molar-refractivity contribution in [2.24, 2.45) is 28.7 Å². The number of hydrogen-bond acceptors (Lipinski definition) is 12. The van der Waals surface area contributed by atoms with Crippen molar-refractivity contribution < 1.29 is 53.4 Å². The van der Waals surface area contributed by atoms with Crippen molar-refractivity contribution in [2.45, 2.75) is 92.5 Å².